The van der Waals surface area contributed by atoms with Gasteiger partial charge in [-0.05, 0) is 55.8 Å². The molecule has 0 spiro atoms. The van der Waals surface area contributed by atoms with Crippen LogP contribution in [0.25, 0.3) is 0 Å². The predicted octanol–water partition coefficient (Wildman–Crippen LogP) is 3.75. The molecule has 2 heteroatoms. The van der Waals surface area contributed by atoms with Crippen molar-refractivity contribution in [2.45, 2.75) is 51.5 Å². The van der Waals surface area contributed by atoms with Crippen LogP contribution in [-0.2, 0) is 0 Å². The molecule has 1 heterocycles. The number of anilines is 1. The van der Waals surface area contributed by atoms with Crippen molar-refractivity contribution in [3.8, 4) is 0 Å². The highest BCUT2D eigenvalue weighted by Crippen LogP contribution is 2.20. The van der Waals surface area contributed by atoms with Crippen molar-refractivity contribution in [2.24, 2.45) is 0 Å². The lowest BCUT2D eigenvalue weighted by Crippen LogP contribution is -2.24. The van der Waals surface area contributed by atoms with E-state index in [1.807, 2.05) is 0 Å². The molecule has 2 atom stereocenters. The van der Waals surface area contributed by atoms with E-state index in [0.29, 0.717) is 5.92 Å². The van der Waals surface area contributed by atoms with Gasteiger partial charge in [-0.2, -0.15) is 0 Å². The smallest absolute Gasteiger partial charge is 0.0340 e. The Balaban J connectivity index is 1.75. The molecule has 2 unspecified atom stereocenters. The van der Waals surface area contributed by atoms with Crippen molar-refractivity contribution < 1.29 is 0 Å². The lowest BCUT2D eigenvalue weighted by atomic mass is 9.99. The Morgan fingerprint density at radius 3 is 2.72 bits per heavy atom. The number of hydrogen-bond acceptors (Lipinski definition) is 2. The highest BCUT2D eigenvalue weighted by molar-refractivity contribution is 5.45. The SMILES string of the molecule is CCC(C)c1ccc(NCCC2CCCN2)cc1. The Labute approximate surface area is 111 Å². The molecule has 0 aliphatic carbocycles. The van der Waals surface area contributed by atoms with Crippen molar-refractivity contribution in [1.82, 2.24) is 5.32 Å². The minimum atomic E-state index is 0.668. The van der Waals surface area contributed by atoms with Gasteiger partial charge in [-0.15, -0.1) is 0 Å². The summed E-state index contributed by atoms with van der Waals surface area (Å²) < 4.78 is 0. The fourth-order valence-electron chi connectivity index (χ4n) is 2.56. The van der Waals surface area contributed by atoms with Crippen LogP contribution in [0, 0.1) is 0 Å². The van der Waals surface area contributed by atoms with Gasteiger partial charge in [0.25, 0.3) is 0 Å². The summed E-state index contributed by atoms with van der Waals surface area (Å²) in [6, 6.07) is 9.67. The van der Waals surface area contributed by atoms with Crippen LogP contribution in [0.15, 0.2) is 24.3 Å². The molecule has 1 saturated heterocycles. The van der Waals surface area contributed by atoms with Gasteiger partial charge in [0.15, 0.2) is 0 Å². The van der Waals surface area contributed by atoms with Crippen molar-refractivity contribution in [3.05, 3.63) is 29.8 Å². The predicted molar refractivity (Wildman–Crippen MR) is 79.3 cm³/mol. The molecule has 1 aliphatic heterocycles. The molecule has 1 aliphatic rings. The Morgan fingerprint density at radius 2 is 2.11 bits per heavy atom. The molecule has 0 aromatic heterocycles. The van der Waals surface area contributed by atoms with Crippen molar-refractivity contribution in [2.75, 3.05) is 18.4 Å². The fraction of sp³-hybridized carbons (Fsp3) is 0.625. The summed E-state index contributed by atoms with van der Waals surface area (Å²) in [6.07, 6.45) is 5.12. The van der Waals surface area contributed by atoms with Crippen LogP contribution in [0.4, 0.5) is 5.69 Å². The molecular formula is C16H26N2. The summed E-state index contributed by atoms with van der Waals surface area (Å²) in [4.78, 5) is 0. The van der Waals surface area contributed by atoms with E-state index >= 15 is 0 Å². The van der Waals surface area contributed by atoms with Gasteiger partial charge in [0, 0.05) is 18.3 Å². The first-order valence-electron chi connectivity index (χ1n) is 7.37. The molecular weight excluding hydrogens is 220 g/mol. The molecule has 1 aromatic carbocycles. The van der Waals surface area contributed by atoms with E-state index in [1.165, 1.54) is 43.5 Å². The monoisotopic (exact) mass is 246 g/mol. The van der Waals surface area contributed by atoms with E-state index in [2.05, 4.69) is 48.7 Å². The Bertz CT molecular complexity index is 339. The van der Waals surface area contributed by atoms with Crippen LogP contribution >= 0.6 is 0 Å². The standard InChI is InChI=1S/C16H26N2/c1-3-13(2)14-6-8-16(9-7-14)18-12-10-15-5-4-11-17-15/h6-9,13,15,17-18H,3-5,10-12H2,1-2H3. The van der Waals surface area contributed by atoms with E-state index in [9.17, 15) is 0 Å². The largest absolute Gasteiger partial charge is 0.385 e. The molecule has 0 amide bonds. The summed E-state index contributed by atoms with van der Waals surface area (Å²) in [7, 11) is 0. The van der Waals surface area contributed by atoms with Gasteiger partial charge in [-0.25, -0.2) is 0 Å². The normalized spacial score (nSPS) is 20.9. The lowest BCUT2D eigenvalue weighted by Gasteiger charge is -2.13. The average molecular weight is 246 g/mol. The average Bonchev–Trinajstić information content (AvgIpc) is 2.92. The zero-order valence-corrected chi connectivity index (χ0v) is 11.7. The van der Waals surface area contributed by atoms with Gasteiger partial charge < -0.3 is 10.6 Å². The topological polar surface area (TPSA) is 24.1 Å². The van der Waals surface area contributed by atoms with E-state index in [-0.39, 0.29) is 0 Å². The third kappa shape index (κ3) is 3.74. The summed E-state index contributed by atoms with van der Waals surface area (Å²) >= 11 is 0. The number of benzene rings is 1. The summed E-state index contributed by atoms with van der Waals surface area (Å²) in [5.74, 6) is 0.668. The highest BCUT2D eigenvalue weighted by Gasteiger charge is 2.12. The van der Waals surface area contributed by atoms with E-state index in [0.717, 1.165) is 12.6 Å². The van der Waals surface area contributed by atoms with Crippen molar-refractivity contribution in [1.29, 1.82) is 0 Å². The quantitative estimate of drug-likeness (QED) is 0.798. The molecule has 0 bridgehead atoms. The zero-order chi connectivity index (χ0) is 12.8. The molecule has 0 saturated carbocycles. The first-order valence-corrected chi connectivity index (χ1v) is 7.37. The second-order valence-corrected chi connectivity index (χ2v) is 5.44. The van der Waals surface area contributed by atoms with Gasteiger partial charge in [0.05, 0.1) is 0 Å². The molecule has 2 nitrogen and oxygen atoms in total. The maximum atomic E-state index is 3.53. The van der Waals surface area contributed by atoms with Gasteiger partial charge in [0.1, 0.15) is 0 Å². The minimum absolute atomic E-state index is 0.668. The van der Waals surface area contributed by atoms with Crippen molar-refractivity contribution >= 4 is 5.69 Å². The van der Waals surface area contributed by atoms with Crippen LogP contribution in [-0.4, -0.2) is 19.1 Å². The zero-order valence-electron chi connectivity index (χ0n) is 11.7. The molecule has 1 aromatic rings. The Kier molecular flexibility index (Phi) is 5.06. The first kappa shape index (κ1) is 13.4. The second kappa shape index (κ2) is 6.79. The maximum Gasteiger partial charge on any atom is 0.0340 e. The van der Waals surface area contributed by atoms with Crippen LogP contribution in [0.3, 0.4) is 0 Å². The van der Waals surface area contributed by atoms with Crippen molar-refractivity contribution in [3.63, 3.8) is 0 Å². The first-order chi connectivity index (χ1) is 8.79. The van der Waals surface area contributed by atoms with E-state index in [4.69, 9.17) is 0 Å². The van der Waals surface area contributed by atoms with E-state index in [1.54, 1.807) is 0 Å². The number of rotatable bonds is 6. The van der Waals surface area contributed by atoms with Crippen LogP contribution in [0.1, 0.15) is 51.0 Å². The maximum absolute atomic E-state index is 3.53. The second-order valence-electron chi connectivity index (χ2n) is 5.44. The van der Waals surface area contributed by atoms with Gasteiger partial charge >= 0.3 is 0 Å². The molecule has 1 fully saturated rings. The van der Waals surface area contributed by atoms with Gasteiger partial charge in [-0.3, -0.25) is 0 Å². The van der Waals surface area contributed by atoms with Crippen LogP contribution in [0.5, 0.6) is 0 Å². The van der Waals surface area contributed by atoms with Crippen LogP contribution < -0.4 is 10.6 Å². The lowest BCUT2D eigenvalue weighted by molar-refractivity contribution is 0.574. The minimum Gasteiger partial charge on any atom is -0.385 e. The molecule has 100 valence electrons. The molecule has 2 N–H and O–H groups in total. The molecule has 18 heavy (non-hydrogen) atoms. The number of nitrogens with one attached hydrogen (secondary N) is 2. The number of hydrogen-bond donors (Lipinski definition) is 2. The molecule has 2 rings (SSSR count). The highest BCUT2D eigenvalue weighted by atomic mass is 14.9. The summed E-state index contributed by atoms with van der Waals surface area (Å²) in [6.45, 7) is 6.80. The van der Waals surface area contributed by atoms with Crippen LogP contribution in [0.2, 0.25) is 0 Å². The fourth-order valence-corrected chi connectivity index (χ4v) is 2.56. The van der Waals surface area contributed by atoms with Gasteiger partial charge in [0.2, 0.25) is 0 Å². The summed E-state index contributed by atoms with van der Waals surface area (Å²) in [5, 5.41) is 7.05. The summed E-state index contributed by atoms with van der Waals surface area (Å²) in [5.41, 5.74) is 2.69. The molecule has 0 radical (unpaired) electrons. The third-order valence-corrected chi connectivity index (χ3v) is 4.08. The van der Waals surface area contributed by atoms with E-state index < -0.39 is 0 Å². The Morgan fingerprint density at radius 1 is 1.33 bits per heavy atom. The Hall–Kier alpha value is -1.02. The van der Waals surface area contributed by atoms with Gasteiger partial charge in [-0.1, -0.05) is 26.0 Å². The third-order valence-electron chi connectivity index (χ3n) is 4.08.